The second-order valence-corrected chi connectivity index (χ2v) is 4.45. The molecule has 2 rings (SSSR count). The number of rotatable bonds is 2. The van der Waals surface area contributed by atoms with Crippen LogP contribution >= 0.6 is 11.6 Å². The maximum Gasteiger partial charge on any atom is 0.417 e. The molecule has 104 valence electrons. The van der Waals surface area contributed by atoms with E-state index in [1.54, 1.807) is 0 Å². The summed E-state index contributed by atoms with van der Waals surface area (Å²) in [6, 6.07) is 8.02. The van der Waals surface area contributed by atoms with Crippen LogP contribution in [0.4, 0.5) is 13.2 Å². The predicted octanol–water partition coefficient (Wildman–Crippen LogP) is 4.30. The molecule has 20 heavy (non-hydrogen) atoms. The number of hydrogen-bond donors (Lipinski definition) is 1. The Bertz CT molecular complexity index is 666. The molecule has 0 atom stereocenters. The molecule has 0 fully saturated rings. The van der Waals surface area contributed by atoms with Gasteiger partial charge in [-0.2, -0.15) is 13.2 Å². The summed E-state index contributed by atoms with van der Waals surface area (Å²) in [5.74, 6) is -1.05. The molecule has 2 aromatic rings. The van der Waals surface area contributed by atoms with Crippen LogP contribution in [0.5, 0.6) is 5.75 Å². The Morgan fingerprint density at radius 1 is 1.10 bits per heavy atom. The smallest absolute Gasteiger partial charge is 0.417 e. The summed E-state index contributed by atoms with van der Waals surface area (Å²) in [6.45, 7) is 0. The molecule has 1 N–H and O–H groups in total. The van der Waals surface area contributed by atoms with Crippen molar-refractivity contribution in [1.82, 2.24) is 0 Å². The van der Waals surface area contributed by atoms with E-state index in [2.05, 4.69) is 0 Å². The number of benzene rings is 2. The van der Waals surface area contributed by atoms with E-state index in [0.717, 1.165) is 24.3 Å². The summed E-state index contributed by atoms with van der Waals surface area (Å²) in [4.78, 5) is 12.1. The van der Waals surface area contributed by atoms with E-state index in [4.69, 9.17) is 11.6 Å². The van der Waals surface area contributed by atoms with Gasteiger partial charge < -0.3 is 5.11 Å². The molecule has 0 bridgehead atoms. The third-order valence-electron chi connectivity index (χ3n) is 2.69. The molecule has 0 saturated heterocycles. The molecule has 0 radical (unpaired) electrons. The molecule has 0 unspecified atom stereocenters. The van der Waals surface area contributed by atoms with E-state index >= 15 is 0 Å². The normalized spacial score (nSPS) is 11.4. The summed E-state index contributed by atoms with van der Waals surface area (Å²) in [5, 5.41) is 9.16. The molecule has 0 heterocycles. The molecular weight excluding hydrogens is 293 g/mol. The zero-order chi connectivity index (χ0) is 14.9. The first-order chi connectivity index (χ1) is 9.30. The number of carbonyl (C=O) groups is 1. The minimum atomic E-state index is -4.62. The fourth-order valence-corrected chi connectivity index (χ4v) is 1.91. The van der Waals surface area contributed by atoms with Gasteiger partial charge in [-0.25, -0.2) is 0 Å². The van der Waals surface area contributed by atoms with Gasteiger partial charge in [-0.3, -0.25) is 4.79 Å². The van der Waals surface area contributed by atoms with E-state index in [1.165, 1.54) is 18.2 Å². The van der Waals surface area contributed by atoms with Crippen LogP contribution < -0.4 is 0 Å². The monoisotopic (exact) mass is 300 g/mol. The maximum atomic E-state index is 12.8. The van der Waals surface area contributed by atoms with Gasteiger partial charge in [0.25, 0.3) is 0 Å². The van der Waals surface area contributed by atoms with Crippen LogP contribution in [0.3, 0.4) is 0 Å². The predicted molar refractivity (Wildman–Crippen MR) is 68.0 cm³/mol. The zero-order valence-electron chi connectivity index (χ0n) is 9.91. The summed E-state index contributed by atoms with van der Waals surface area (Å²) < 4.78 is 38.5. The van der Waals surface area contributed by atoms with E-state index < -0.39 is 23.1 Å². The number of phenolic OH excluding ortho intramolecular Hbond substituents is 1. The van der Waals surface area contributed by atoms with Crippen molar-refractivity contribution < 1.29 is 23.1 Å². The van der Waals surface area contributed by atoms with Gasteiger partial charge in [0.05, 0.1) is 10.6 Å². The molecule has 0 aliphatic carbocycles. The highest BCUT2D eigenvalue weighted by Gasteiger charge is 2.35. The molecule has 6 heteroatoms. The van der Waals surface area contributed by atoms with Crippen molar-refractivity contribution in [2.24, 2.45) is 0 Å². The SMILES string of the molecule is O=C(c1ccc(O)c(Cl)c1)c1ccccc1C(F)(F)F. The van der Waals surface area contributed by atoms with Gasteiger partial charge in [0, 0.05) is 11.1 Å². The molecule has 0 saturated carbocycles. The number of halogens is 4. The Labute approximate surface area is 117 Å². The lowest BCUT2D eigenvalue weighted by Crippen LogP contribution is -2.13. The van der Waals surface area contributed by atoms with Crippen LogP contribution in [0.15, 0.2) is 42.5 Å². The summed E-state index contributed by atoms with van der Waals surface area (Å²) in [7, 11) is 0. The molecule has 0 aliphatic heterocycles. The van der Waals surface area contributed by atoms with E-state index in [9.17, 15) is 23.1 Å². The second-order valence-electron chi connectivity index (χ2n) is 4.04. The summed E-state index contributed by atoms with van der Waals surface area (Å²) >= 11 is 5.65. The Hall–Kier alpha value is -2.01. The van der Waals surface area contributed by atoms with Crippen molar-refractivity contribution in [3.8, 4) is 5.75 Å². The highest BCUT2D eigenvalue weighted by Crippen LogP contribution is 2.33. The lowest BCUT2D eigenvalue weighted by Gasteiger charge is -2.12. The number of ketones is 1. The molecule has 0 aliphatic rings. The first-order valence-corrected chi connectivity index (χ1v) is 5.88. The number of aromatic hydroxyl groups is 1. The van der Waals surface area contributed by atoms with E-state index in [0.29, 0.717) is 0 Å². The van der Waals surface area contributed by atoms with Crippen molar-refractivity contribution in [3.63, 3.8) is 0 Å². The van der Waals surface area contributed by atoms with E-state index in [-0.39, 0.29) is 16.3 Å². The first kappa shape index (κ1) is 14.4. The van der Waals surface area contributed by atoms with Gasteiger partial charge in [-0.1, -0.05) is 29.8 Å². The Morgan fingerprint density at radius 3 is 2.35 bits per heavy atom. The highest BCUT2D eigenvalue weighted by atomic mass is 35.5. The van der Waals surface area contributed by atoms with Gasteiger partial charge in [-0.15, -0.1) is 0 Å². The molecular formula is C14H8ClF3O2. The van der Waals surface area contributed by atoms with Gasteiger partial charge in [0.15, 0.2) is 5.78 Å². The van der Waals surface area contributed by atoms with Crippen molar-refractivity contribution in [2.75, 3.05) is 0 Å². The number of carbonyl (C=O) groups excluding carboxylic acids is 1. The van der Waals surface area contributed by atoms with Crippen LogP contribution in [0.25, 0.3) is 0 Å². The van der Waals surface area contributed by atoms with Gasteiger partial charge in [-0.05, 0) is 24.3 Å². The third kappa shape index (κ3) is 2.77. The first-order valence-electron chi connectivity index (χ1n) is 5.50. The van der Waals surface area contributed by atoms with Crippen LogP contribution in [0.1, 0.15) is 21.5 Å². The van der Waals surface area contributed by atoms with Crippen LogP contribution in [-0.2, 0) is 6.18 Å². The lowest BCUT2D eigenvalue weighted by molar-refractivity contribution is -0.137. The van der Waals surface area contributed by atoms with Crippen LogP contribution in [-0.4, -0.2) is 10.9 Å². The summed E-state index contributed by atoms with van der Waals surface area (Å²) in [5.41, 5.74) is -1.49. The highest BCUT2D eigenvalue weighted by molar-refractivity contribution is 6.32. The van der Waals surface area contributed by atoms with Gasteiger partial charge in [0.2, 0.25) is 0 Å². The fraction of sp³-hybridized carbons (Fsp3) is 0.0714. The summed E-state index contributed by atoms with van der Waals surface area (Å²) in [6.07, 6.45) is -4.62. The number of phenols is 1. The third-order valence-corrected chi connectivity index (χ3v) is 2.99. The Balaban J connectivity index is 2.51. The average Bonchev–Trinajstić information content (AvgIpc) is 2.40. The molecule has 2 nitrogen and oxygen atoms in total. The maximum absolute atomic E-state index is 12.8. The van der Waals surface area contributed by atoms with Crippen LogP contribution in [0, 0.1) is 0 Å². The van der Waals surface area contributed by atoms with Crippen LogP contribution in [0.2, 0.25) is 5.02 Å². The largest absolute Gasteiger partial charge is 0.506 e. The Morgan fingerprint density at radius 2 is 1.75 bits per heavy atom. The quantitative estimate of drug-likeness (QED) is 0.840. The van der Waals surface area contributed by atoms with Gasteiger partial charge in [0.1, 0.15) is 5.75 Å². The molecule has 0 aromatic heterocycles. The number of alkyl halides is 3. The van der Waals surface area contributed by atoms with Crippen molar-refractivity contribution in [1.29, 1.82) is 0 Å². The average molecular weight is 301 g/mol. The minimum absolute atomic E-state index is 0.0236. The van der Waals surface area contributed by atoms with Gasteiger partial charge >= 0.3 is 6.18 Å². The molecule has 0 spiro atoms. The van der Waals surface area contributed by atoms with Crippen molar-refractivity contribution in [3.05, 3.63) is 64.2 Å². The van der Waals surface area contributed by atoms with E-state index in [1.807, 2.05) is 0 Å². The van der Waals surface area contributed by atoms with Crippen molar-refractivity contribution in [2.45, 2.75) is 6.18 Å². The molecule has 0 amide bonds. The van der Waals surface area contributed by atoms with Crippen molar-refractivity contribution >= 4 is 17.4 Å². The topological polar surface area (TPSA) is 37.3 Å². The Kier molecular flexibility index (Phi) is 3.72. The minimum Gasteiger partial charge on any atom is -0.506 e. The second kappa shape index (κ2) is 5.17. The standard InChI is InChI=1S/C14H8ClF3O2/c15-11-7-8(5-6-12(11)19)13(20)9-3-1-2-4-10(9)14(16,17)18/h1-7,19H. The lowest BCUT2D eigenvalue weighted by atomic mass is 9.98. The number of hydrogen-bond acceptors (Lipinski definition) is 2. The fourth-order valence-electron chi connectivity index (χ4n) is 1.73. The molecule has 2 aromatic carbocycles. The zero-order valence-corrected chi connectivity index (χ0v) is 10.7.